The number of aromatic nitrogens is 4. The number of carbonyl (C=O) groups excluding carboxylic acids is 1. The van der Waals surface area contributed by atoms with Gasteiger partial charge in [-0.25, -0.2) is 13.9 Å². The summed E-state index contributed by atoms with van der Waals surface area (Å²) in [6.45, 7) is -0.796. The smallest absolute Gasteiger partial charge is 0.338 e. The van der Waals surface area contributed by atoms with Gasteiger partial charge in [-0.05, 0) is 18.9 Å². The van der Waals surface area contributed by atoms with Gasteiger partial charge in [-0.15, -0.1) is 0 Å². The van der Waals surface area contributed by atoms with Gasteiger partial charge in [0.15, 0.2) is 0 Å². The number of alkyl halides is 7. The molecule has 0 aliphatic carbocycles. The third kappa shape index (κ3) is 4.64. The monoisotopic (exact) mass is 515 g/mol. The molecule has 186 valence electrons. The van der Waals surface area contributed by atoms with E-state index in [-0.39, 0.29) is 31.0 Å². The fourth-order valence-electron chi connectivity index (χ4n) is 4.17. The third-order valence-electron chi connectivity index (χ3n) is 5.92. The average molecular weight is 516 g/mol. The summed E-state index contributed by atoms with van der Waals surface area (Å²) in [5.41, 5.74) is -2.22. The van der Waals surface area contributed by atoms with Crippen LogP contribution in [0.1, 0.15) is 36.0 Å². The van der Waals surface area contributed by atoms with Gasteiger partial charge < -0.3 is 4.90 Å². The summed E-state index contributed by atoms with van der Waals surface area (Å²) in [6.07, 6.45) is -11.5. The molecule has 2 aromatic heterocycles. The molecule has 1 saturated heterocycles. The van der Waals surface area contributed by atoms with E-state index in [0.717, 1.165) is 9.47 Å². The highest BCUT2D eigenvalue weighted by molar-refractivity contribution is 6.31. The molecule has 2 aromatic rings. The van der Waals surface area contributed by atoms with Crippen LogP contribution < -0.4 is 5.69 Å². The largest absolute Gasteiger partial charge is 0.417 e. The quantitative estimate of drug-likeness (QED) is 0.588. The minimum atomic E-state index is -4.70. The molecule has 4 rings (SSSR count). The van der Waals surface area contributed by atoms with E-state index >= 15 is 0 Å². The number of hydrogen-bond acceptors (Lipinski definition) is 4. The second-order valence-electron chi connectivity index (χ2n) is 8.24. The Kier molecular flexibility index (Phi) is 6.15. The van der Waals surface area contributed by atoms with E-state index in [0.29, 0.717) is 16.9 Å². The van der Waals surface area contributed by atoms with Gasteiger partial charge >= 0.3 is 18.0 Å². The summed E-state index contributed by atoms with van der Waals surface area (Å²) in [6, 6.07) is -0.935. The van der Waals surface area contributed by atoms with Gasteiger partial charge in [-0.3, -0.25) is 14.3 Å². The predicted molar refractivity (Wildman–Crippen MR) is 103 cm³/mol. The molecule has 2 aliphatic heterocycles. The van der Waals surface area contributed by atoms with Gasteiger partial charge in [0, 0.05) is 19.2 Å². The van der Waals surface area contributed by atoms with E-state index in [1.54, 1.807) is 0 Å². The predicted octanol–water partition coefficient (Wildman–Crippen LogP) is 3.40. The van der Waals surface area contributed by atoms with Crippen LogP contribution in [-0.2, 0) is 23.9 Å². The topological polar surface area (TPSA) is 73.0 Å². The number of pyridine rings is 1. The molecule has 3 atom stereocenters. The average Bonchev–Trinajstić information content (AvgIpc) is 3.30. The number of rotatable bonds is 3. The molecule has 4 heterocycles. The first-order valence-corrected chi connectivity index (χ1v) is 10.5. The van der Waals surface area contributed by atoms with E-state index in [4.69, 9.17) is 11.6 Å². The minimum absolute atomic E-state index is 0.0104. The number of amides is 1. The molecule has 7 nitrogen and oxygen atoms in total. The molecule has 0 spiro atoms. The molecule has 15 heteroatoms. The van der Waals surface area contributed by atoms with Crippen LogP contribution in [0.4, 0.5) is 30.7 Å². The van der Waals surface area contributed by atoms with E-state index in [9.17, 15) is 40.3 Å². The molecule has 0 bridgehead atoms. The fourth-order valence-corrected chi connectivity index (χ4v) is 4.39. The zero-order chi connectivity index (χ0) is 25.0. The highest BCUT2D eigenvalue weighted by Crippen LogP contribution is 2.39. The zero-order valence-electron chi connectivity index (χ0n) is 17.2. The summed E-state index contributed by atoms with van der Waals surface area (Å²) >= 11 is 5.87. The van der Waals surface area contributed by atoms with Crippen LogP contribution in [0, 0.1) is 5.92 Å². The lowest BCUT2D eigenvalue weighted by Gasteiger charge is -2.32. The lowest BCUT2D eigenvalue weighted by atomic mass is 9.91. The lowest BCUT2D eigenvalue weighted by Crippen LogP contribution is -2.45. The Bertz CT molecular complexity index is 1160. The van der Waals surface area contributed by atoms with Gasteiger partial charge in [0.1, 0.15) is 18.0 Å². The van der Waals surface area contributed by atoms with Crippen molar-refractivity contribution in [2.75, 3.05) is 13.1 Å². The Labute approximate surface area is 192 Å². The molecule has 2 aliphatic rings. The van der Waals surface area contributed by atoms with Gasteiger partial charge in [-0.1, -0.05) is 11.6 Å². The zero-order valence-corrected chi connectivity index (χ0v) is 18.0. The molecule has 0 radical (unpaired) electrons. The van der Waals surface area contributed by atoms with Crippen molar-refractivity contribution in [3.63, 3.8) is 0 Å². The second-order valence-corrected chi connectivity index (χ2v) is 8.65. The van der Waals surface area contributed by atoms with Gasteiger partial charge in [0.05, 0.1) is 35.3 Å². The first-order valence-electron chi connectivity index (χ1n) is 10.1. The lowest BCUT2D eigenvalue weighted by molar-refractivity contribution is -0.183. The molecular formula is C19H17ClF7N5O2. The van der Waals surface area contributed by atoms with Crippen molar-refractivity contribution in [1.29, 1.82) is 0 Å². The van der Waals surface area contributed by atoms with Crippen LogP contribution in [0.25, 0.3) is 0 Å². The first kappa shape index (κ1) is 24.5. The Balaban J connectivity index is 1.69. The maximum atomic E-state index is 13.6. The number of nitrogens with zero attached hydrogens (tertiary/aromatic N) is 5. The SMILES string of the molecule is O=C(C1CC(C(F)(F)F)Cc2nn(Cc3ncc(C(F)(F)F)cc3Cl)c(=O)n21)N1CC[C@H](F)C1. The summed E-state index contributed by atoms with van der Waals surface area (Å²) in [4.78, 5) is 30.6. The maximum absolute atomic E-state index is 13.6. The summed E-state index contributed by atoms with van der Waals surface area (Å²) in [5.74, 6) is -3.08. The van der Waals surface area contributed by atoms with Crippen LogP contribution in [-0.4, -0.2) is 55.6 Å². The molecule has 34 heavy (non-hydrogen) atoms. The van der Waals surface area contributed by atoms with Crippen molar-refractivity contribution >= 4 is 17.5 Å². The van der Waals surface area contributed by atoms with Crippen LogP contribution in [0.5, 0.6) is 0 Å². The van der Waals surface area contributed by atoms with Crippen molar-refractivity contribution in [2.24, 2.45) is 5.92 Å². The van der Waals surface area contributed by atoms with Crippen LogP contribution in [0.15, 0.2) is 17.1 Å². The van der Waals surface area contributed by atoms with E-state index in [1.807, 2.05) is 0 Å². The molecule has 1 fully saturated rings. The number of halogens is 8. The molecule has 0 saturated carbocycles. The van der Waals surface area contributed by atoms with Gasteiger partial charge in [0.25, 0.3) is 0 Å². The summed E-state index contributed by atoms with van der Waals surface area (Å²) < 4.78 is 94.2. The van der Waals surface area contributed by atoms with Gasteiger partial charge in [-0.2, -0.15) is 31.4 Å². The van der Waals surface area contributed by atoms with Gasteiger partial charge in [0.2, 0.25) is 5.91 Å². The second kappa shape index (κ2) is 8.54. The van der Waals surface area contributed by atoms with Crippen LogP contribution >= 0.6 is 11.6 Å². The molecule has 0 aromatic carbocycles. The van der Waals surface area contributed by atoms with E-state index in [2.05, 4.69) is 10.1 Å². The van der Waals surface area contributed by atoms with Crippen molar-refractivity contribution in [2.45, 2.75) is 50.4 Å². The Hall–Kier alpha value is -2.64. The molecule has 0 N–H and O–H groups in total. The maximum Gasteiger partial charge on any atom is 0.417 e. The normalized spacial score (nSPS) is 23.3. The molecule has 1 amide bonds. The summed E-state index contributed by atoms with van der Waals surface area (Å²) in [5, 5.41) is 3.48. The fraction of sp³-hybridized carbons (Fsp3) is 0.579. The van der Waals surface area contributed by atoms with Crippen molar-refractivity contribution in [3.05, 3.63) is 44.9 Å². The van der Waals surface area contributed by atoms with Crippen molar-refractivity contribution in [1.82, 2.24) is 24.2 Å². The summed E-state index contributed by atoms with van der Waals surface area (Å²) in [7, 11) is 0. The number of carbonyl (C=O) groups is 1. The number of hydrogen-bond donors (Lipinski definition) is 0. The standard InChI is InChI=1S/C19H17ClF7N5O2/c20-12-3-10(19(25,26)27)6-28-13(12)8-31-17(34)32-14(16(33)30-2-1-11(21)7-30)4-9(18(22,23)24)5-15(32)29-31/h3,6,9,11,14H,1-2,4-5,7-8H2/t9?,11-,14?/m0/s1. The van der Waals surface area contributed by atoms with Crippen molar-refractivity contribution in [3.8, 4) is 0 Å². The highest BCUT2D eigenvalue weighted by Gasteiger charge is 2.48. The Morgan fingerprint density at radius 2 is 1.91 bits per heavy atom. The van der Waals surface area contributed by atoms with Crippen molar-refractivity contribution < 1.29 is 35.5 Å². The molecular weight excluding hydrogens is 499 g/mol. The minimum Gasteiger partial charge on any atom is -0.338 e. The van der Waals surface area contributed by atoms with E-state index < -0.39 is 72.1 Å². The Morgan fingerprint density at radius 1 is 1.21 bits per heavy atom. The Morgan fingerprint density at radius 3 is 2.47 bits per heavy atom. The molecule has 2 unspecified atom stereocenters. The van der Waals surface area contributed by atoms with Crippen LogP contribution in [0.3, 0.4) is 0 Å². The first-order chi connectivity index (χ1) is 15.8. The number of fused-ring (bicyclic) bond motifs is 1. The third-order valence-corrected chi connectivity index (χ3v) is 6.25. The highest BCUT2D eigenvalue weighted by atomic mass is 35.5. The van der Waals surface area contributed by atoms with E-state index in [1.165, 1.54) is 0 Å². The number of likely N-dealkylation sites (tertiary alicyclic amines) is 1. The van der Waals surface area contributed by atoms with Crippen LogP contribution in [0.2, 0.25) is 5.02 Å².